The molecule has 0 unspecified atom stereocenters. The normalized spacial score (nSPS) is 17.6. The molecule has 1 heterocycles. The minimum absolute atomic E-state index is 0.0917. The number of halogens is 2. The molecule has 0 amide bonds. The van der Waals surface area contributed by atoms with E-state index in [0.29, 0.717) is 36.2 Å². The van der Waals surface area contributed by atoms with Gasteiger partial charge in [-0.3, -0.25) is 0 Å². The topological polar surface area (TPSA) is 42.2 Å². The van der Waals surface area contributed by atoms with E-state index in [1.807, 2.05) is 19.9 Å². The molecule has 0 radical (unpaired) electrons. The van der Waals surface area contributed by atoms with E-state index < -0.39 is 18.8 Å². The Kier molecular flexibility index (Phi) is 6.30. The summed E-state index contributed by atoms with van der Waals surface area (Å²) in [5, 5.41) is 9.14. The zero-order chi connectivity index (χ0) is 18.4. The molecule has 1 fully saturated rings. The highest BCUT2D eigenvalue weighted by molar-refractivity contribution is 6.54. The first-order valence-corrected chi connectivity index (χ1v) is 7.95. The molecule has 1 aliphatic heterocycles. The quantitative estimate of drug-likeness (QED) is 0.591. The summed E-state index contributed by atoms with van der Waals surface area (Å²) in [6.45, 7) is 8.25. The fraction of sp³-hybridized carbons (Fsp3) is 0.316. The highest BCUT2D eigenvalue weighted by Gasteiger charge is 2.33. The Morgan fingerprint density at radius 2 is 2.04 bits per heavy atom. The molecule has 1 saturated heterocycles. The number of allylic oxidation sites excluding steroid dienone is 5. The molecule has 0 aliphatic carbocycles. The molecule has 0 bridgehead atoms. The molecule has 1 aliphatic rings. The molecule has 3 nitrogen and oxygen atoms in total. The van der Waals surface area contributed by atoms with E-state index in [1.165, 1.54) is 30.4 Å². The van der Waals surface area contributed by atoms with Crippen molar-refractivity contribution in [1.82, 2.24) is 0 Å². The van der Waals surface area contributed by atoms with Crippen LogP contribution in [0.4, 0.5) is 8.78 Å². The lowest BCUT2D eigenvalue weighted by Crippen LogP contribution is -2.41. The van der Waals surface area contributed by atoms with Crippen LogP contribution in [0.5, 0.6) is 0 Å². The van der Waals surface area contributed by atoms with Crippen molar-refractivity contribution in [3.05, 3.63) is 71.2 Å². The predicted octanol–water partition coefficient (Wildman–Crippen LogP) is 4.31. The van der Waals surface area contributed by atoms with E-state index >= 15 is 0 Å². The van der Waals surface area contributed by atoms with E-state index in [0.717, 1.165) is 0 Å². The van der Waals surface area contributed by atoms with Crippen LogP contribution < -0.4 is 0 Å². The van der Waals surface area contributed by atoms with Gasteiger partial charge in [-0.05, 0) is 41.7 Å². The van der Waals surface area contributed by atoms with Gasteiger partial charge in [0.05, 0.1) is 11.6 Å². The van der Waals surface area contributed by atoms with E-state index in [1.54, 1.807) is 6.08 Å². The molecule has 130 valence electrons. The summed E-state index contributed by atoms with van der Waals surface area (Å²) in [6, 6.07) is 6.04. The molecule has 0 spiro atoms. The highest BCUT2D eigenvalue weighted by atomic mass is 19.1. The maximum Gasteiger partial charge on any atom is 0.493 e. The standard InChI is InChI=1S/C19H20BF2NO2/c1-14(21)4-7-17(20-24-12-19(2,3)13-25-20)8-5-15-10-18(22)9-6-16(15)11-23/h4,6-10H,1,5,12-13H2,2-3H3/b7-4-,17-8+. The maximum absolute atomic E-state index is 13.4. The molecule has 25 heavy (non-hydrogen) atoms. The molecule has 0 saturated carbocycles. The SMILES string of the molecule is C=C(F)/C=C\C(=C/Cc1cc(F)ccc1C#N)B1OCC(C)(C)CO1. The van der Waals surface area contributed by atoms with Crippen molar-refractivity contribution in [2.75, 3.05) is 13.2 Å². The van der Waals surface area contributed by atoms with Crippen LogP contribution >= 0.6 is 0 Å². The van der Waals surface area contributed by atoms with Crippen LogP contribution in [-0.4, -0.2) is 20.3 Å². The molecule has 1 aromatic carbocycles. The van der Waals surface area contributed by atoms with Gasteiger partial charge in [0.25, 0.3) is 0 Å². The van der Waals surface area contributed by atoms with Crippen molar-refractivity contribution in [3.63, 3.8) is 0 Å². The van der Waals surface area contributed by atoms with Gasteiger partial charge in [0, 0.05) is 18.6 Å². The number of hydrogen-bond donors (Lipinski definition) is 0. The Hall–Kier alpha value is -2.23. The summed E-state index contributed by atoms with van der Waals surface area (Å²) in [4.78, 5) is 0. The summed E-state index contributed by atoms with van der Waals surface area (Å²) in [5.41, 5.74) is 1.44. The van der Waals surface area contributed by atoms with E-state index in [4.69, 9.17) is 14.6 Å². The number of nitriles is 1. The number of nitrogens with zero attached hydrogens (tertiary/aromatic N) is 1. The van der Waals surface area contributed by atoms with Crippen LogP contribution in [0, 0.1) is 22.6 Å². The Bertz CT molecular complexity index is 740. The zero-order valence-corrected chi connectivity index (χ0v) is 14.4. The predicted molar refractivity (Wildman–Crippen MR) is 93.7 cm³/mol. The molecular weight excluding hydrogens is 323 g/mol. The minimum atomic E-state index is -0.636. The molecule has 0 aromatic heterocycles. The van der Waals surface area contributed by atoms with E-state index in [9.17, 15) is 8.78 Å². The number of hydrogen-bond acceptors (Lipinski definition) is 3. The zero-order valence-electron chi connectivity index (χ0n) is 14.4. The molecule has 0 atom stereocenters. The van der Waals surface area contributed by atoms with Crippen LogP contribution in [0.2, 0.25) is 0 Å². The third-order valence-corrected chi connectivity index (χ3v) is 3.73. The molecule has 1 aromatic rings. The van der Waals surface area contributed by atoms with E-state index in [2.05, 4.69) is 6.58 Å². The first-order valence-electron chi connectivity index (χ1n) is 7.95. The van der Waals surface area contributed by atoms with Gasteiger partial charge in [-0.25, -0.2) is 8.78 Å². The average molecular weight is 343 g/mol. The summed E-state index contributed by atoms with van der Waals surface area (Å²) in [6.07, 6.45) is 4.79. The van der Waals surface area contributed by atoms with Crippen molar-refractivity contribution in [3.8, 4) is 6.07 Å². The lowest BCUT2D eigenvalue weighted by Gasteiger charge is -2.33. The highest BCUT2D eigenvalue weighted by Crippen LogP contribution is 2.25. The Labute approximate surface area is 147 Å². The lowest BCUT2D eigenvalue weighted by atomic mass is 9.74. The molecule has 6 heteroatoms. The Balaban J connectivity index is 2.24. The fourth-order valence-corrected chi connectivity index (χ4v) is 2.38. The van der Waals surface area contributed by atoms with Crippen LogP contribution in [0.1, 0.15) is 25.0 Å². The van der Waals surface area contributed by atoms with Crippen LogP contribution in [0.15, 0.2) is 54.3 Å². The monoisotopic (exact) mass is 343 g/mol. The smallest absolute Gasteiger partial charge is 0.407 e. The minimum Gasteiger partial charge on any atom is -0.407 e. The summed E-state index contributed by atoms with van der Waals surface area (Å²) >= 11 is 0. The molecular formula is C19H20BF2NO2. The number of rotatable bonds is 5. The molecule has 0 N–H and O–H groups in total. The maximum atomic E-state index is 13.4. The van der Waals surface area contributed by atoms with Crippen molar-refractivity contribution < 1.29 is 18.1 Å². The second-order valence-electron chi connectivity index (χ2n) is 6.72. The van der Waals surface area contributed by atoms with Gasteiger partial charge in [0.15, 0.2) is 0 Å². The van der Waals surface area contributed by atoms with Crippen molar-refractivity contribution >= 4 is 7.12 Å². The lowest BCUT2D eigenvalue weighted by molar-refractivity contribution is 0.0325. The van der Waals surface area contributed by atoms with Crippen LogP contribution in [-0.2, 0) is 15.7 Å². The van der Waals surface area contributed by atoms with Crippen molar-refractivity contribution in [2.45, 2.75) is 20.3 Å². The summed E-state index contributed by atoms with van der Waals surface area (Å²) < 4.78 is 37.9. The third kappa shape index (κ3) is 5.66. The largest absolute Gasteiger partial charge is 0.493 e. The second kappa shape index (κ2) is 8.24. The Morgan fingerprint density at radius 1 is 1.36 bits per heavy atom. The van der Waals surface area contributed by atoms with Gasteiger partial charge < -0.3 is 9.31 Å². The second-order valence-corrected chi connectivity index (χ2v) is 6.72. The first kappa shape index (κ1) is 19.1. The van der Waals surface area contributed by atoms with Crippen molar-refractivity contribution in [1.29, 1.82) is 5.26 Å². The Morgan fingerprint density at radius 3 is 2.64 bits per heavy atom. The molecule has 2 rings (SSSR count). The number of benzene rings is 1. The average Bonchev–Trinajstić information content (AvgIpc) is 2.55. The first-order chi connectivity index (χ1) is 11.8. The van der Waals surface area contributed by atoms with Crippen LogP contribution in [0.25, 0.3) is 0 Å². The summed E-state index contributed by atoms with van der Waals surface area (Å²) in [5.74, 6) is -1.01. The van der Waals surface area contributed by atoms with Gasteiger partial charge in [-0.2, -0.15) is 5.26 Å². The van der Waals surface area contributed by atoms with Crippen molar-refractivity contribution in [2.24, 2.45) is 5.41 Å². The van der Waals surface area contributed by atoms with Crippen LogP contribution in [0.3, 0.4) is 0 Å². The summed E-state index contributed by atoms with van der Waals surface area (Å²) in [7, 11) is -0.636. The van der Waals surface area contributed by atoms with Gasteiger partial charge in [-0.15, -0.1) is 0 Å². The van der Waals surface area contributed by atoms with Gasteiger partial charge in [0.2, 0.25) is 0 Å². The fourth-order valence-electron chi connectivity index (χ4n) is 2.38. The van der Waals surface area contributed by atoms with Gasteiger partial charge in [-0.1, -0.05) is 32.6 Å². The van der Waals surface area contributed by atoms with Gasteiger partial charge in [0.1, 0.15) is 11.6 Å². The third-order valence-electron chi connectivity index (χ3n) is 3.73. The van der Waals surface area contributed by atoms with Gasteiger partial charge >= 0.3 is 7.12 Å². The van der Waals surface area contributed by atoms with E-state index in [-0.39, 0.29) is 5.41 Å².